The molecule has 0 bridgehead atoms. The van der Waals surface area contributed by atoms with Crippen molar-refractivity contribution in [2.75, 3.05) is 10.8 Å². The molecular formula is C24H25FN2O4S. The van der Waals surface area contributed by atoms with Crippen LogP contribution in [-0.4, -0.2) is 19.9 Å². The van der Waals surface area contributed by atoms with Gasteiger partial charge >= 0.3 is 0 Å². The molecule has 8 heteroatoms. The van der Waals surface area contributed by atoms with Crippen LogP contribution in [0.3, 0.4) is 0 Å². The second kappa shape index (κ2) is 9.48. The molecule has 0 aromatic heterocycles. The number of nitrogens with zero attached hydrogens (tertiary/aromatic N) is 2. The summed E-state index contributed by atoms with van der Waals surface area (Å²) < 4.78 is 43.3. The molecule has 0 fully saturated rings. The van der Waals surface area contributed by atoms with Crippen LogP contribution in [0.1, 0.15) is 34.8 Å². The monoisotopic (exact) mass is 456 g/mol. The number of aryl methyl sites for hydroxylation is 3. The highest BCUT2D eigenvalue weighted by atomic mass is 32.2. The molecule has 0 saturated heterocycles. The normalized spacial score (nSPS) is 12.4. The number of hydrogen-bond donors (Lipinski definition) is 0. The van der Waals surface area contributed by atoms with E-state index in [1.807, 2.05) is 32.9 Å². The molecule has 0 spiro atoms. The summed E-state index contributed by atoms with van der Waals surface area (Å²) in [6.45, 7) is 5.47. The SMILES string of the molecule is Cc1cc(C)c(N(CCC(F)c2ccccc2)S(=O)(=O)c2ccc([N+](=O)[O-])cc2)c(C)c1. The smallest absolute Gasteiger partial charge is 0.266 e. The Bertz CT molecular complexity index is 1190. The number of hydrogen-bond acceptors (Lipinski definition) is 4. The van der Waals surface area contributed by atoms with Gasteiger partial charge in [-0.1, -0.05) is 48.0 Å². The van der Waals surface area contributed by atoms with Gasteiger partial charge in [0, 0.05) is 25.1 Å². The average Bonchev–Trinajstić information content (AvgIpc) is 2.75. The van der Waals surface area contributed by atoms with Crippen molar-refractivity contribution >= 4 is 21.4 Å². The van der Waals surface area contributed by atoms with E-state index in [9.17, 15) is 22.9 Å². The molecule has 0 radical (unpaired) electrons. The van der Waals surface area contributed by atoms with E-state index in [1.165, 1.54) is 16.4 Å². The molecule has 0 aliphatic heterocycles. The Morgan fingerprint density at radius 2 is 1.53 bits per heavy atom. The Hall–Kier alpha value is -3.26. The molecule has 168 valence electrons. The molecule has 1 atom stereocenters. The van der Waals surface area contributed by atoms with Crippen LogP contribution in [0.15, 0.2) is 71.6 Å². The fourth-order valence-corrected chi connectivity index (χ4v) is 5.45. The lowest BCUT2D eigenvalue weighted by Crippen LogP contribution is -2.33. The molecule has 1 unspecified atom stereocenters. The summed E-state index contributed by atoms with van der Waals surface area (Å²) in [5, 5.41) is 11.0. The largest absolute Gasteiger partial charge is 0.269 e. The molecule has 3 aromatic carbocycles. The lowest BCUT2D eigenvalue weighted by Gasteiger charge is -2.28. The molecule has 6 nitrogen and oxygen atoms in total. The molecular weight excluding hydrogens is 431 g/mol. The summed E-state index contributed by atoms with van der Waals surface area (Å²) in [6, 6.07) is 17.1. The van der Waals surface area contributed by atoms with Crippen molar-refractivity contribution in [3.8, 4) is 0 Å². The van der Waals surface area contributed by atoms with Gasteiger partial charge in [-0.25, -0.2) is 12.8 Å². The third-order valence-electron chi connectivity index (χ3n) is 5.27. The highest BCUT2D eigenvalue weighted by Gasteiger charge is 2.29. The fraction of sp³-hybridized carbons (Fsp3) is 0.250. The van der Waals surface area contributed by atoms with Crippen molar-refractivity contribution in [1.82, 2.24) is 0 Å². The second-order valence-electron chi connectivity index (χ2n) is 7.74. The van der Waals surface area contributed by atoms with Gasteiger partial charge in [0.05, 0.1) is 15.5 Å². The van der Waals surface area contributed by atoms with Gasteiger partial charge in [0.15, 0.2) is 0 Å². The van der Waals surface area contributed by atoms with E-state index in [-0.39, 0.29) is 23.5 Å². The first-order valence-electron chi connectivity index (χ1n) is 10.2. The molecule has 3 rings (SSSR count). The van der Waals surface area contributed by atoms with E-state index in [1.54, 1.807) is 30.3 Å². The van der Waals surface area contributed by atoms with Crippen LogP contribution < -0.4 is 4.31 Å². The van der Waals surface area contributed by atoms with E-state index >= 15 is 0 Å². The Morgan fingerprint density at radius 3 is 2.06 bits per heavy atom. The van der Waals surface area contributed by atoms with Crippen molar-refractivity contribution in [1.29, 1.82) is 0 Å². The minimum absolute atomic E-state index is 0.0387. The number of anilines is 1. The fourth-order valence-electron chi connectivity index (χ4n) is 3.84. The quantitative estimate of drug-likeness (QED) is 0.316. The van der Waals surface area contributed by atoms with E-state index in [2.05, 4.69) is 0 Å². The third-order valence-corrected chi connectivity index (χ3v) is 7.08. The molecule has 0 aliphatic carbocycles. The summed E-state index contributed by atoms with van der Waals surface area (Å²) >= 11 is 0. The number of alkyl halides is 1. The molecule has 3 aromatic rings. The van der Waals surface area contributed by atoms with E-state index in [4.69, 9.17) is 0 Å². The maximum atomic E-state index is 14.9. The van der Waals surface area contributed by atoms with Crippen molar-refractivity contribution < 1.29 is 17.7 Å². The predicted octanol–water partition coefficient (Wildman–Crippen LogP) is 5.82. The van der Waals surface area contributed by atoms with Gasteiger partial charge in [0.25, 0.3) is 15.7 Å². The van der Waals surface area contributed by atoms with Gasteiger partial charge < -0.3 is 0 Å². The van der Waals surface area contributed by atoms with Gasteiger partial charge in [0.2, 0.25) is 0 Å². The lowest BCUT2D eigenvalue weighted by molar-refractivity contribution is -0.384. The van der Waals surface area contributed by atoms with Crippen molar-refractivity contribution in [2.24, 2.45) is 0 Å². The van der Waals surface area contributed by atoms with Crippen LogP contribution in [-0.2, 0) is 10.0 Å². The summed E-state index contributed by atoms with van der Waals surface area (Å²) in [7, 11) is -4.09. The van der Waals surface area contributed by atoms with Crippen molar-refractivity contribution in [3.63, 3.8) is 0 Å². The molecule has 0 aliphatic rings. The highest BCUT2D eigenvalue weighted by molar-refractivity contribution is 7.92. The number of nitro groups is 1. The zero-order valence-electron chi connectivity index (χ0n) is 18.2. The molecule has 0 amide bonds. The number of non-ortho nitro benzene ring substituents is 1. The average molecular weight is 457 g/mol. The first-order chi connectivity index (χ1) is 15.1. The number of sulfonamides is 1. The maximum Gasteiger partial charge on any atom is 0.269 e. The Labute approximate surface area is 187 Å². The molecule has 32 heavy (non-hydrogen) atoms. The van der Waals surface area contributed by atoms with Crippen LogP contribution in [0.4, 0.5) is 15.8 Å². The first kappa shape index (κ1) is 23.4. The Balaban J connectivity index is 2.03. The Kier molecular flexibility index (Phi) is 6.93. The second-order valence-corrected chi connectivity index (χ2v) is 9.60. The number of rotatable bonds is 8. The Morgan fingerprint density at radius 1 is 0.969 bits per heavy atom. The van der Waals surface area contributed by atoms with Crippen LogP contribution in [0.2, 0.25) is 0 Å². The molecule has 0 N–H and O–H groups in total. The van der Waals surface area contributed by atoms with E-state index < -0.39 is 21.1 Å². The number of halogens is 1. The van der Waals surface area contributed by atoms with Gasteiger partial charge in [-0.05, 0) is 49.6 Å². The summed E-state index contributed by atoms with van der Waals surface area (Å²) in [5.74, 6) is 0. The summed E-state index contributed by atoms with van der Waals surface area (Å²) in [4.78, 5) is 10.3. The minimum Gasteiger partial charge on any atom is -0.266 e. The molecule has 0 saturated carbocycles. The van der Waals surface area contributed by atoms with Crippen molar-refractivity contribution in [2.45, 2.75) is 38.3 Å². The lowest BCUT2D eigenvalue weighted by atomic mass is 10.0. The highest BCUT2D eigenvalue weighted by Crippen LogP contribution is 2.33. The van der Waals surface area contributed by atoms with Crippen LogP contribution >= 0.6 is 0 Å². The van der Waals surface area contributed by atoms with E-state index in [0.717, 1.165) is 28.8 Å². The van der Waals surface area contributed by atoms with Crippen LogP contribution in [0.25, 0.3) is 0 Å². The van der Waals surface area contributed by atoms with E-state index in [0.29, 0.717) is 11.3 Å². The standard InChI is InChI=1S/C24H25FN2O4S/c1-17-15-18(2)24(19(3)16-17)26(14-13-23(25)20-7-5-4-6-8-20)32(30,31)22-11-9-21(10-12-22)27(28)29/h4-12,15-16,23H,13-14H2,1-3H3. The summed E-state index contributed by atoms with van der Waals surface area (Å²) in [6.07, 6.45) is -1.37. The maximum absolute atomic E-state index is 14.9. The van der Waals surface area contributed by atoms with Gasteiger partial charge in [-0.15, -0.1) is 0 Å². The summed E-state index contributed by atoms with van der Waals surface area (Å²) in [5.41, 5.74) is 3.27. The van der Waals surface area contributed by atoms with Crippen molar-refractivity contribution in [3.05, 3.63) is 99.1 Å². The number of nitro benzene ring substituents is 1. The zero-order chi connectivity index (χ0) is 23.5. The van der Waals surface area contributed by atoms with Gasteiger partial charge in [-0.2, -0.15) is 0 Å². The topological polar surface area (TPSA) is 80.5 Å². The van der Waals surface area contributed by atoms with Gasteiger partial charge in [0.1, 0.15) is 6.17 Å². The zero-order valence-corrected chi connectivity index (χ0v) is 19.0. The predicted molar refractivity (Wildman–Crippen MR) is 123 cm³/mol. The van der Waals surface area contributed by atoms with Crippen LogP contribution in [0, 0.1) is 30.9 Å². The minimum atomic E-state index is -4.09. The first-order valence-corrected chi connectivity index (χ1v) is 11.6. The number of benzene rings is 3. The van der Waals surface area contributed by atoms with Gasteiger partial charge in [-0.3, -0.25) is 14.4 Å². The third kappa shape index (κ3) is 4.96. The molecule has 0 heterocycles. The van der Waals surface area contributed by atoms with Crippen LogP contribution in [0.5, 0.6) is 0 Å².